The molecule has 0 radical (unpaired) electrons. The van der Waals surface area contributed by atoms with E-state index < -0.39 is 0 Å². The van der Waals surface area contributed by atoms with E-state index in [1.54, 1.807) is 0 Å². The molecular weight excluding hydrogens is 300 g/mol. The summed E-state index contributed by atoms with van der Waals surface area (Å²) in [6.45, 7) is 10.6. The van der Waals surface area contributed by atoms with Crippen LogP contribution in [-0.2, 0) is 0 Å². The van der Waals surface area contributed by atoms with Crippen molar-refractivity contribution in [2.75, 3.05) is 0 Å². The maximum Gasteiger partial charge on any atom is 0.132 e. The van der Waals surface area contributed by atoms with E-state index in [1.807, 2.05) is 6.07 Å². The molecule has 1 aromatic carbocycles. The van der Waals surface area contributed by atoms with Crippen LogP contribution < -0.4 is 0 Å². The minimum absolute atomic E-state index is 0.322. The van der Waals surface area contributed by atoms with Gasteiger partial charge in [0.2, 0.25) is 0 Å². The lowest BCUT2D eigenvalue weighted by Gasteiger charge is -2.12. The van der Waals surface area contributed by atoms with Crippen molar-refractivity contribution in [3.8, 4) is 11.3 Å². The highest BCUT2D eigenvalue weighted by molar-refractivity contribution is 9.10. The molecule has 1 aromatic heterocycles. The zero-order valence-electron chi connectivity index (χ0n) is 12.1. The van der Waals surface area contributed by atoms with Crippen molar-refractivity contribution >= 4 is 15.9 Å². The molecule has 0 aliphatic heterocycles. The van der Waals surface area contributed by atoms with Crippen LogP contribution in [0.5, 0.6) is 0 Å². The molecule has 0 aliphatic carbocycles. The summed E-state index contributed by atoms with van der Waals surface area (Å²) in [5.41, 5.74) is 6.04. The summed E-state index contributed by atoms with van der Waals surface area (Å²) in [6, 6.07) is 6.42. The number of aromatic nitrogens is 2. The van der Waals surface area contributed by atoms with Crippen molar-refractivity contribution in [1.82, 2.24) is 9.97 Å². The number of nitrogens with zero attached hydrogens (tertiary/aromatic N) is 2. The Hall–Kier alpha value is -1.22. The molecule has 19 heavy (non-hydrogen) atoms. The molecule has 1 heterocycles. The Kier molecular flexibility index (Phi) is 4.04. The average Bonchev–Trinajstić information content (AvgIpc) is 2.33. The van der Waals surface area contributed by atoms with Crippen LogP contribution in [0.1, 0.15) is 42.3 Å². The second-order valence-electron chi connectivity index (χ2n) is 5.34. The van der Waals surface area contributed by atoms with E-state index in [1.165, 1.54) is 22.3 Å². The smallest absolute Gasteiger partial charge is 0.132 e. The lowest BCUT2D eigenvalue weighted by Crippen LogP contribution is -2.00. The fraction of sp³-hybridized carbons (Fsp3) is 0.375. The van der Waals surface area contributed by atoms with Gasteiger partial charge in [-0.1, -0.05) is 19.9 Å². The first-order chi connectivity index (χ1) is 8.88. The van der Waals surface area contributed by atoms with E-state index in [0.717, 1.165) is 16.1 Å². The molecule has 2 nitrogen and oxygen atoms in total. The average molecular weight is 319 g/mol. The maximum atomic E-state index is 4.69. The van der Waals surface area contributed by atoms with Gasteiger partial charge < -0.3 is 0 Å². The van der Waals surface area contributed by atoms with E-state index in [2.05, 4.69) is 67.7 Å². The van der Waals surface area contributed by atoms with Gasteiger partial charge in [-0.3, -0.25) is 0 Å². The summed E-state index contributed by atoms with van der Waals surface area (Å²) >= 11 is 3.49. The van der Waals surface area contributed by atoms with E-state index in [-0.39, 0.29) is 0 Å². The number of hydrogen-bond donors (Lipinski definition) is 0. The van der Waals surface area contributed by atoms with Crippen LogP contribution in [0.4, 0.5) is 0 Å². The van der Waals surface area contributed by atoms with Crippen LogP contribution in [0.3, 0.4) is 0 Å². The second-order valence-corrected chi connectivity index (χ2v) is 6.15. The van der Waals surface area contributed by atoms with Gasteiger partial charge in [-0.05, 0) is 65.5 Å². The summed E-state index contributed by atoms with van der Waals surface area (Å²) in [5.74, 6) is 1.20. The summed E-state index contributed by atoms with van der Waals surface area (Å²) in [4.78, 5) is 9.13. The third-order valence-electron chi connectivity index (χ3n) is 3.35. The standard InChI is InChI=1S/C16H19BrN2/c1-9(2)16-18-14(8-15(17)19-16)13-7-11(4)10(3)6-12(13)5/h6-9H,1-5H3. The Morgan fingerprint density at radius 2 is 1.53 bits per heavy atom. The normalized spacial score (nSPS) is 11.1. The van der Waals surface area contributed by atoms with Crippen molar-refractivity contribution in [3.05, 3.63) is 45.3 Å². The Morgan fingerprint density at radius 3 is 2.16 bits per heavy atom. The summed E-state index contributed by atoms with van der Waals surface area (Å²) in [5, 5.41) is 0. The molecule has 0 saturated heterocycles. The number of hydrogen-bond acceptors (Lipinski definition) is 2. The highest BCUT2D eigenvalue weighted by Crippen LogP contribution is 2.27. The van der Waals surface area contributed by atoms with Gasteiger partial charge in [0.05, 0.1) is 5.69 Å². The van der Waals surface area contributed by atoms with E-state index in [4.69, 9.17) is 4.98 Å². The molecule has 0 bridgehead atoms. The molecule has 3 heteroatoms. The predicted molar refractivity (Wildman–Crippen MR) is 83.5 cm³/mol. The third kappa shape index (κ3) is 3.03. The number of rotatable bonds is 2. The number of aryl methyl sites for hydroxylation is 3. The van der Waals surface area contributed by atoms with Gasteiger partial charge in [-0.25, -0.2) is 9.97 Å². The molecule has 0 amide bonds. The van der Waals surface area contributed by atoms with Crippen molar-refractivity contribution in [2.45, 2.75) is 40.5 Å². The molecule has 0 atom stereocenters. The Labute approximate surface area is 123 Å². The fourth-order valence-corrected chi connectivity index (χ4v) is 2.47. The maximum absolute atomic E-state index is 4.69. The Bertz CT molecular complexity index is 618. The SMILES string of the molecule is Cc1cc(C)c(-c2cc(Br)nc(C(C)C)n2)cc1C. The Balaban J connectivity index is 2.62. The minimum Gasteiger partial charge on any atom is -0.233 e. The quantitative estimate of drug-likeness (QED) is 0.732. The first-order valence-corrected chi connectivity index (χ1v) is 7.30. The molecule has 0 N–H and O–H groups in total. The van der Waals surface area contributed by atoms with Crippen LogP contribution in [-0.4, -0.2) is 9.97 Å². The molecule has 0 saturated carbocycles. The molecule has 0 aliphatic rings. The largest absolute Gasteiger partial charge is 0.233 e. The molecule has 0 fully saturated rings. The van der Waals surface area contributed by atoms with Crippen LogP contribution in [0.15, 0.2) is 22.8 Å². The van der Waals surface area contributed by atoms with Gasteiger partial charge in [0, 0.05) is 11.5 Å². The van der Waals surface area contributed by atoms with Gasteiger partial charge in [0.1, 0.15) is 10.4 Å². The summed E-state index contributed by atoms with van der Waals surface area (Å²) in [7, 11) is 0. The van der Waals surface area contributed by atoms with Crippen molar-refractivity contribution in [3.63, 3.8) is 0 Å². The lowest BCUT2D eigenvalue weighted by molar-refractivity contribution is 0.771. The van der Waals surface area contributed by atoms with E-state index >= 15 is 0 Å². The monoisotopic (exact) mass is 318 g/mol. The minimum atomic E-state index is 0.322. The fourth-order valence-electron chi connectivity index (χ4n) is 2.07. The van der Waals surface area contributed by atoms with Gasteiger partial charge in [-0.15, -0.1) is 0 Å². The zero-order valence-corrected chi connectivity index (χ0v) is 13.7. The van der Waals surface area contributed by atoms with Crippen LogP contribution in [0, 0.1) is 20.8 Å². The predicted octanol–water partition coefficient (Wildman–Crippen LogP) is 4.95. The molecule has 0 spiro atoms. The topological polar surface area (TPSA) is 25.8 Å². The van der Waals surface area contributed by atoms with Gasteiger partial charge in [0.15, 0.2) is 0 Å². The zero-order chi connectivity index (χ0) is 14.2. The number of benzene rings is 1. The van der Waals surface area contributed by atoms with Gasteiger partial charge in [0.25, 0.3) is 0 Å². The first-order valence-electron chi connectivity index (χ1n) is 6.51. The number of halogens is 1. The highest BCUT2D eigenvalue weighted by atomic mass is 79.9. The molecule has 2 aromatic rings. The lowest BCUT2D eigenvalue weighted by atomic mass is 9.98. The van der Waals surface area contributed by atoms with Crippen molar-refractivity contribution < 1.29 is 0 Å². The first kappa shape index (κ1) is 14.2. The van der Waals surface area contributed by atoms with Crippen molar-refractivity contribution in [2.24, 2.45) is 0 Å². The van der Waals surface area contributed by atoms with Crippen LogP contribution in [0.2, 0.25) is 0 Å². The summed E-state index contributed by atoms with van der Waals surface area (Å²) < 4.78 is 0.846. The van der Waals surface area contributed by atoms with Crippen molar-refractivity contribution in [1.29, 1.82) is 0 Å². The van der Waals surface area contributed by atoms with E-state index in [0.29, 0.717) is 5.92 Å². The molecular formula is C16H19BrN2. The second kappa shape index (κ2) is 5.41. The molecule has 0 unspecified atom stereocenters. The van der Waals surface area contributed by atoms with Crippen LogP contribution in [0.25, 0.3) is 11.3 Å². The van der Waals surface area contributed by atoms with Gasteiger partial charge in [-0.2, -0.15) is 0 Å². The third-order valence-corrected chi connectivity index (χ3v) is 3.75. The summed E-state index contributed by atoms with van der Waals surface area (Å²) in [6.07, 6.45) is 0. The van der Waals surface area contributed by atoms with E-state index in [9.17, 15) is 0 Å². The Morgan fingerprint density at radius 1 is 0.895 bits per heavy atom. The molecule has 2 rings (SSSR count). The molecule has 100 valence electrons. The van der Waals surface area contributed by atoms with Crippen LogP contribution >= 0.6 is 15.9 Å². The van der Waals surface area contributed by atoms with Gasteiger partial charge >= 0.3 is 0 Å². The highest BCUT2D eigenvalue weighted by Gasteiger charge is 2.11.